The molecule has 3 fully saturated rings. The number of pyridine rings is 1. The molecule has 6 nitrogen and oxygen atoms in total. The smallest absolute Gasteiger partial charge is 0.275 e. The summed E-state index contributed by atoms with van der Waals surface area (Å²) in [6, 6.07) is 13.8. The normalized spacial score (nSPS) is 24.0. The number of nitrogens with one attached hydrogen (secondary N) is 1. The van der Waals surface area contributed by atoms with Gasteiger partial charge in [0.2, 0.25) is 0 Å². The molecule has 0 spiro atoms. The Morgan fingerprint density at radius 2 is 1.91 bits per heavy atom. The summed E-state index contributed by atoms with van der Waals surface area (Å²) in [5.41, 5.74) is 1.48. The fourth-order valence-corrected chi connectivity index (χ4v) is 5.38. The Kier molecular flexibility index (Phi) is 5.66. The van der Waals surface area contributed by atoms with Crippen molar-refractivity contribution in [2.45, 2.75) is 51.4 Å². The largest absolute Gasteiger partial charge is 0.368 e. The molecule has 3 aromatic rings. The van der Waals surface area contributed by atoms with E-state index >= 15 is 0 Å². The highest BCUT2D eigenvalue weighted by Crippen LogP contribution is 2.47. The van der Waals surface area contributed by atoms with E-state index in [1.165, 1.54) is 13.8 Å². The fraction of sp³-hybridized carbons (Fsp3) is 0.444. The van der Waals surface area contributed by atoms with E-state index in [-0.39, 0.29) is 18.0 Å². The fourth-order valence-electron chi connectivity index (χ4n) is 5.38. The predicted octanol–water partition coefficient (Wildman–Crippen LogP) is 5.04. The van der Waals surface area contributed by atoms with E-state index in [1.807, 2.05) is 49.6 Å². The van der Waals surface area contributed by atoms with Gasteiger partial charge in [-0.2, -0.15) is 5.10 Å². The number of carbonyl (C=O) groups excluding carboxylic acids is 1. The Labute approximate surface area is 200 Å². The number of amides is 1. The van der Waals surface area contributed by atoms with E-state index in [0.717, 1.165) is 24.0 Å². The van der Waals surface area contributed by atoms with Crippen molar-refractivity contribution in [3.63, 3.8) is 0 Å². The van der Waals surface area contributed by atoms with Crippen LogP contribution in [0.2, 0.25) is 0 Å². The Bertz CT molecular complexity index is 1160. The zero-order valence-electron chi connectivity index (χ0n) is 20.2. The second kappa shape index (κ2) is 8.53. The van der Waals surface area contributed by atoms with Crippen molar-refractivity contribution in [2.24, 2.45) is 18.9 Å². The van der Waals surface area contributed by atoms with Gasteiger partial charge in [0, 0.05) is 43.2 Å². The van der Waals surface area contributed by atoms with Gasteiger partial charge in [0.1, 0.15) is 11.5 Å². The Morgan fingerprint density at radius 3 is 2.56 bits per heavy atom. The van der Waals surface area contributed by atoms with Crippen molar-refractivity contribution in [3.8, 4) is 11.1 Å². The summed E-state index contributed by atoms with van der Waals surface area (Å²) in [7, 11) is 1.86. The standard InChI is InChI=1S/C27H32FN5O/c1-17-19-12-21(13-19)33(23(17)15-30-24-11-10-20(14-29-24)27(2,3)28)26(34)25-22(16-32(4)31-25)18-8-6-5-7-9-18/h5-11,14,16-17,19,21,23H,12-13,15H2,1-4H3,(H,29,30). The minimum atomic E-state index is -1.42. The van der Waals surface area contributed by atoms with Crippen molar-refractivity contribution in [1.82, 2.24) is 19.7 Å². The molecule has 3 aliphatic rings. The highest BCUT2D eigenvalue weighted by atomic mass is 19.1. The van der Waals surface area contributed by atoms with Crippen LogP contribution < -0.4 is 5.32 Å². The molecular weight excluding hydrogens is 429 g/mol. The molecule has 2 unspecified atom stereocenters. The summed E-state index contributed by atoms with van der Waals surface area (Å²) >= 11 is 0. The Hall–Kier alpha value is -3.22. The first-order valence-electron chi connectivity index (χ1n) is 12.0. The summed E-state index contributed by atoms with van der Waals surface area (Å²) in [4.78, 5) is 20.4. The van der Waals surface area contributed by atoms with Crippen LogP contribution in [0.5, 0.6) is 0 Å². The van der Waals surface area contributed by atoms with E-state index in [2.05, 4.69) is 27.2 Å². The third-order valence-corrected chi connectivity index (χ3v) is 7.54. The lowest BCUT2D eigenvalue weighted by Crippen LogP contribution is -2.64. The number of anilines is 1. The van der Waals surface area contributed by atoms with E-state index in [1.54, 1.807) is 16.9 Å². The van der Waals surface area contributed by atoms with Crippen LogP contribution >= 0.6 is 0 Å². The van der Waals surface area contributed by atoms with Gasteiger partial charge in [-0.25, -0.2) is 9.37 Å². The zero-order chi connectivity index (χ0) is 24.0. The van der Waals surface area contributed by atoms with Crippen LogP contribution in [-0.4, -0.2) is 44.2 Å². The molecule has 1 saturated carbocycles. The average molecular weight is 462 g/mol. The summed E-state index contributed by atoms with van der Waals surface area (Å²) in [5, 5.41) is 7.98. The van der Waals surface area contributed by atoms with Gasteiger partial charge in [-0.3, -0.25) is 9.48 Å². The van der Waals surface area contributed by atoms with Crippen LogP contribution in [0, 0.1) is 11.8 Å². The first-order valence-corrected chi connectivity index (χ1v) is 12.0. The van der Waals surface area contributed by atoms with Crippen LogP contribution in [0.4, 0.5) is 10.2 Å². The van der Waals surface area contributed by atoms with Crippen molar-refractivity contribution in [2.75, 3.05) is 11.9 Å². The second-order valence-corrected chi connectivity index (χ2v) is 10.2. The first kappa shape index (κ1) is 22.6. The molecule has 2 saturated heterocycles. The summed E-state index contributed by atoms with van der Waals surface area (Å²) in [6.45, 7) is 5.89. The summed E-state index contributed by atoms with van der Waals surface area (Å²) < 4.78 is 15.9. The van der Waals surface area contributed by atoms with Gasteiger partial charge in [-0.05, 0) is 50.2 Å². The number of fused-ring (bicyclic) bond motifs is 2. The molecule has 4 heterocycles. The van der Waals surface area contributed by atoms with Gasteiger partial charge < -0.3 is 10.2 Å². The van der Waals surface area contributed by atoms with Crippen LogP contribution in [0.25, 0.3) is 11.1 Å². The molecule has 2 aliphatic heterocycles. The number of rotatable bonds is 6. The Balaban J connectivity index is 1.39. The highest BCUT2D eigenvalue weighted by molar-refractivity contribution is 5.99. The number of aromatic nitrogens is 3. The monoisotopic (exact) mass is 461 g/mol. The SMILES string of the molecule is CC1C2CC(C2)N(C(=O)c2nn(C)cc2-c2ccccc2)C1CNc1ccc(C(C)(C)F)cn1. The molecule has 6 rings (SSSR count). The van der Waals surface area contributed by atoms with Gasteiger partial charge >= 0.3 is 0 Å². The maximum Gasteiger partial charge on any atom is 0.275 e. The molecule has 1 amide bonds. The van der Waals surface area contributed by atoms with Gasteiger partial charge in [0.25, 0.3) is 5.91 Å². The zero-order valence-corrected chi connectivity index (χ0v) is 20.2. The number of hydrogen-bond acceptors (Lipinski definition) is 4. The third kappa shape index (κ3) is 4.08. The first-order chi connectivity index (χ1) is 16.2. The predicted molar refractivity (Wildman–Crippen MR) is 131 cm³/mol. The minimum Gasteiger partial charge on any atom is -0.368 e. The van der Waals surface area contributed by atoms with Crippen molar-refractivity contribution >= 4 is 11.7 Å². The number of alkyl halides is 1. The van der Waals surface area contributed by atoms with Gasteiger partial charge in [0.05, 0.1) is 6.04 Å². The number of aryl methyl sites for hydroxylation is 1. The number of halogens is 1. The Morgan fingerprint density at radius 1 is 1.18 bits per heavy atom. The number of hydrogen-bond donors (Lipinski definition) is 1. The number of piperidine rings is 2. The van der Waals surface area contributed by atoms with Crippen molar-refractivity contribution in [1.29, 1.82) is 0 Å². The molecule has 2 aromatic heterocycles. The van der Waals surface area contributed by atoms with Crippen LogP contribution in [0.1, 0.15) is 49.7 Å². The summed E-state index contributed by atoms with van der Waals surface area (Å²) in [5.74, 6) is 1.69. The van der Waals surface area contributed by atoms with Crippen LogP contribution in [0.15, 0.2) is 54.9 Å². The highest BCUT2D eigenvalue weighted by Gasteiger charge is 2.51. The quantitative estimate of drug-likeness (QED) is 0.559. The molecule has 1 N–H and O–H groups in total. The third-order valence-electron chi connectivity index (χ3n) is 7.54. The lowest BCUT2D eigenvalue weighted by atomic mass is 9.64. The maximum absolute atomic E-state index is 14.2. The molecule has 2 atom stereocenters. The van der Waals surface area contributed by atoms with E-state index in [9.17, 15) is 9.18 Å². The minimum absolute atomic E-state index is 0.0104. The van der Waals surface area contributed by atoms with Gasteiger partial charge in [0.15, 0.2) is 5.69 Å². The van der Waals surface area contributed by atoms with Crippen molar-refractivity contribution < 1.29 is 9.18 Å². The number of nitrogens with zero attached hydrogens (tertiary/aromatic N) is 4. The molecule has 1 aliphatic carbocycles. The van der Waals surface area contributed by atoms with Gasteiger partial charge in [-0.1, -0.05) is 43.3 Å². The number of benzene rings is 1. The van der Waals surface area contributed by atoms with E-state index in [4.69, 9.17) is 0 Å². The second-order valence-electron chi connectivity index (χ2n) is 10.2. The topological polar surface area (TPSA) is 63.1 Å². The van der Waals surface area contributed by atoms with Crippen LogP contribution in [0.3, 0.4) is 0 Å². The molecule has 178 valence electrons. The average Bonchev–Trinajstić information content (AvgIpc) is 3.18. The van der Waals surface area contributed by atoms with E-state index in [0.29, 0.717) is 35.5 Å². The molecule has 7 heteroatoms. The lowest BCUT2D eigenvalue weighted by molar-refractivity contribution is -0.0504. The summed E-state index contributed by atoms with van der Waals surface area (Å²) in [6.07, 6.45) is 5.60. The molecule has 34 heavy (non-hydrogen) atoms. The lowest BCUT2D eigenvalue weighted by Gasteiger charge is -2.57. The molecular formula is C27H32FN5O. The molecule has 1 aromatic carbocycles. The van der Waals surface area contributed by atoms with Gasteiger partial charge in [-0.15, -0.1) is 0 Å². The number of carbonyl (C=O) groups is 1. The van der Waals surface area contributed by atoms with Crippen molar-refractivity contribution in [3.05, 3.63) is 66.1 Å². The molecule has 0 radical (unpaired) electrons. The maximum atomic E-state index is 14.2. The molecule has 2 bridgehead atoms. The van der Waals surface area contributed by atoms with E-state index < -0.39 is 5.67 Å². The van der Waals surface area contributed by atoms with Crippen LogP contribution in [-0.2, 0) is 12.7 Å².